The zero-order valence-corrected chi connectivity index (χ0v) is 13.2. The Morgan fingerprint density at radius 3 is 2.54 bits per heavy atom. The lowest BCUT2D eigenvalue weighted by Gasteiger charge is -2.18. The molecule has 9 heteroatoms. The van der Waals surface area contributed by atoms with E-state index >= 15 is 0 Å². The number of amides is 1. The molecule has 0 aliphatic rings. The number of hydrogen-bond donors (Lipinski definition) is 2. The quantitative estimate of drug-likeness (QED) is 0.496. The summed E-state index contributed by atoms with van der Waals surface area (Å²) in [6.07, 6.45) is -0.718. The summed E-state index contributed by atoms with van der Waals surface area (Å²) in [6, 6.07) is 1.27. The first-order valence-corrected chi connectivity index (χ1v) is 6.68. The summed E-state index contributed by atoms with van der Waals surface area (Å²) in [7, 11) is 0. The molecule has 0 heterocycles. The number of hydrogen-bond acceptors (Lipinski definition) is 5. The summed E-state index contributed by atoms with van der Waals surface area (Å²) in [5, 5.41) is 22.0. The maximum Gasteiger partial charge on any atom is 0.408 e. The highest BCUT2D eigenvalue weighted by atomic mass is 19.1. The van der Waals surface area contributed by atoms with Crippen LogP contribution in [0.1, 0.15) is 36.7 Å². The topological polar surface area (TPSA) is 119 Å². The van der Waals surface area contributed by atoms with E-state index in [0.717, 1.165) is 6.07 Å². The van der Waals surface area contributed by atoms with Gasteiger partial charge in [0, 0.05) is 6.07 Å². The Hall–Kier alpha value is -3.15. The second kappa shape index (κ2) is 7.41. The number of alkyl carbamates (subject to hydrolysis) is 1. The van der Waals surface area contributed by atoms with Crippen LogP contribution in [0.4, 0.5) is 14.9 Å². The summed E-state index contributed by atoms with van der Waals surface area (Å²) < 4.78 is 18.7. The summed E-state index contributed by atoms with van der Waals surface area (Å²) in [4.78, 5) is 32.1. The number of carbonyl (C=O) groups excluding carboxylic acids is 1. The number of nitrogens with zero attached hydrogens (tertiary/aromatic N) is 1. The molecule has 0 aliphatic heterocycles. The number of carboxylic acid groups (broad SMARTS) is 1. The summed E-state index contributed by atoms with van der Waals surface area (Å²) in [5.41, 5.74) is -2.57. The van der Waals surface area contributed by atoms with Gasteiger partial charge in [0.25, 0.3) is 5.69 Å². The van der Waals surface area contributed by atoms with Crippen molar-refractivity contribution in [2.45, 2.75) is 26.4 Å². The Morgan fingerprint density at radius 2 is 2.04 bits per heavy atom. The molecule has 0 aromatic heterocycles. The van der Waals surface area contributed by atoms with E-state index in [0.29, 0.717) is 6.07 Å². The molecule has 8 nitrogen and oxygen atoms in total. The van der Waals surface area contributed by atoms with E-state index in [1.54, 1.807) is 20.8 Å². The molecule has 0 spiro atoms. The molecule has 128 valence electrons. The van der Waals surface area contributed by atoms with Crippen LogP contribution < -0.4 is 5.32 Å². The summed E-state index contributed by atoms with van der Waals surface area (Å²) >= 11 is 0. The molecular formula is C15H15FN2O6. The molecule has 1 aromatic carbocycles. The number of nitro benzene ring substituents is 1. The van der Waals surface area contributed by atoms with E-state index in [9.17, 15) is 24.1 Å². The Kier molecular flexibility index (Phi) is 5.84. The number of nitrogens with one attached hydrogen (secondary N) is 1. The van der Waals surface area contributed by atoms with Crippen molar-refractivity contribution in [2.24, 2.45) is 0 Å². The number of nitro groups is 1. The smallest absolute Gasteiger partial charge is 0.408 e. The molecule has 0 saturated heterocycles. The van der Waals surface area contributed by atoms with Crippen molar-refractivity contribution in [2.75, 3.05) is 6.54 Å². The molecule has 1 amide bonds. The van der Waals surface area contributed by atoms with E-state index in [1.807, 2.05) is 0 Å². The monoisotopic (exact) mass is 338 g/mol. The van der Waals surface area contributed by atoms with Crippen molar-refractivity contribution in [3.05, 3.63) is 39.2 Å². The van der Waals surface area contributed by atoms with Crippen LogP contribution in [0.5, 0.6) is 0 Å². The van der Waals surface area contributed by atoms with Crippen molar-refractivity contribution < 1.29 is 28.7 Å². The SMILES string of the molecule is CC(C)(C)OC(=O)NCC#Cc1cc([N+](=O)[O-])c(C(=O)O)cc1F. The molecule has 0 radical (unpaired) electrons. The van der Waals surface area contributed by atoms with Crippen LogP contribution in [0.15, 0.2) is 12.1 Å². The number of carbonyl (C=O) groups is 2. The largest absolute Gasteiger partial charge is 0.477 e. The van der Waals surface area contributed by atoms with Crippen molar-refractivity contribution in [3.63, 3.8) is 0 Å². The molecule has 1 rings (SSSR count). The van der Waals surface area contributed by atoms with Gasteiger partial charge in [0.1, 0.15) is 17.0 Å². The van der Waals surface area contributed by atoms with Gasteiger partial charge in [0.15, 0.2) is 0 Å². The van der Waals surface area contributed by atoms with E-state index < -0.39 is 39.7 Å². The van der Waals surface area contributed by atoms with Crippen LogP contribution >= 0.6 is 0 Å². The van der Waals surface area contributed by atoms with Crippen LogP contribution in [0, 0.1) is 27.8 Å². The predicted octanol–water partition coefficient (Wildman–Crippen LogP) is 2.31. The molecule has 0 fully saturated rings. The van der Waals surface area contributed by atoms with Gasteiger partial charge in [-0.2, -0.15) is 0 Å². The Morgan fingerprint density at radius 1 is 1.42 bits per heavy atom. The minimum Gasteiger partial charge on any atom is -0.477 e. The highest BCUT2D eigenvalue weighted by Crippen LogP contribution is 2.22. The molecular weight excluding hydrogens is 323 g/mol. The Balaban J connectivity index is 2.90. The predicted molar refractivity (Wildman–Crippen MR) is 81.1 cm³/mol. The van der Waals surface area contributed by atoms with Crippen molar-refractivity contribution in [1.29, 1.82) is 0 Å². The summed E-state index contributed by atoms with van der Waals surface area (Å²) in [5.74, 6) is 2.07. The normalized spacial score (nSPS) is 10.3. The average molecular weight is 338 g/mol. The first kappa shape index (κ1) is 18.9. The van der Waals surface area contributed by atoms with E-state index in [4.69, 9.17) is 9.84 Å². The van der Waals surface area contributed by atoms with Gasteiger partial charge in [0.05, 0.1) is 17.0 Å². The maximum atomic E-state index is 13.8. The molecule has 1 aromatic rings. The van der Waals surface area contributed by atoms with Crippen molar-refractivity contribution >= 4 is 17.7 Å². The van der Waals surface area contributed by atoms with Crippen LogP contribution in [0.25, 0.3) is 0 Å². The number of halogens is 1. The first-order valence-electron chi connectivity index (χ1n) is 6.68. The van der Waals surface area contributed by atoms with Gasteiger partial charge in [-0.1, -0.05) is 11.8 Å². The van der Waals surface area contributed by atoms with Gasteiger partial charge in [-0.15, -0.1) is 0 Å². The fourth-order valence-electron chi connectivity index (χ4n) is 1.55. The molecule has 0 atom stereocenters. The van der Waals surface area contributed by atoms with Crippen LogP contribution in [-0.2, 0) is 4.74 Å². The fourth-order valence-corrected chi connectivity index (χ4v) is 1.55. The standard InChI is InChI=1S/C15H15FN2O6/c1-15(2,3)24-14(21)17-6-4-5-9-7-12(18(22)23)10(13(19)20)8-11(9)16/h7-8H,6H2,1-3H3,(H,17,21)(H,19,20). The van der Waals surface area contributed by atoms with Crippen LogP contribution in [0.3, 0.4) is 0 Å². The number of aromatic carboxylic acids is 1. The van der Waals surface area contributed by atoms with Gasteiger partial charge in [-0.3, -0.25) is 10.1 Å². The zero-order valence-electron chi connectivity index (χ0n) is 13.2. The van der Waals surface area contributed by atoms with Gasteiger partial charge < -0.3 is 15.2 Å². The first-order chi connectivity index (χ1) is 11.0. The van der Waals surface area contributed by atoms with E-state index in [-0.39, 0.29) is 12.1 Å². The molecule has 0 unspecified atom stereocenters. The molecule has 0 saturated carbocycles. The minimum atomic E-state index is -1.62. The van der Waals surface area contributed by atoms with Gasteiger partial charge in [-0.05, 0) is 26.8 Å². The summed E-state index contributed by atoms with van der Waals surface area (Å²) in [6.45, 7) is 4.85. The lowest BCUT2D eigenvalue weighted by Crippen LogP contribution is -2.32. The third-order valence-electron chi connectivity index (χ3n) is 2.46. The number of ether oxygens (including phenoxy) is 1. The molecule has 24 heavy (non-hydrogen) atoms. The van der Waals surface area contributed by atoms with Crippen LogP contribution in [0.2, 0.25) is 0 Å². The molecule has 2 N–H and O–H groups in total. The highest BCUT2D eigenvalue weighted by Gasteiger charge is 2.22. The van der Waals surface area contributed by atoms with Crippen LogP contribution in [-0.4, -0.2) is 34.2 Å². The average Bonchev–Trinajstić information content (AvgIpc) is 2.42. The van der Waals surface area contributed by atoms with E-state index in [1.165, 1.54) is 0 Å². The second-order valence-corrected chi connectivity index (χ2v) is 5.57. The number of benzene rings is 1. The Labute approximate surface area is 136 Å². The number of rotatable bonds is 3. The highest BCUT2D eigenvalue weighted by molar-refractivity contribution is 5.92. The molecule has 0 bridgehead atoms. The Bertz CT molecular complexity index is 743. The second-order valence-electron chi connectivity index (χ2n) is 5.57. The molecule has 0 aliphatic carbocycles. The van der Waals surface area contributed by atoms with Crippen molar-refractivity contribution in [1.82, 2.24) is 5.32 Å². The maximum absolute atomic E-state index is 13.8. The lowest BCUT2D eigenvalue weighted by molar-refractivity contribution is -0.385. The van der Waals surface area contributed by atoms with Gasteiger partial charge >= 0.3 is 12.1 Å². The van der Waals surface area contributed by atoms with Gasteiger partial charge in [-0.25, -0.2) is 14.0 Å². The lowest BCUT2D eigenvalue weighted by atomic mass is 10.1. The third kappa shape index (κ3) is 5.57. The van der Waals surface area contributed by atoms with Crippen molar-refractivity contribution in [3.8, 4) is 11.8 Å². The number of carboxylic acids is 1. The van der Waals surface area contributed by atoms with Gasteiger partial charge in [0.2, 0.25) is 0 Å². The third-order valence-corrected chi connectivity index (χ3v) is 2.46. The zero-order chi connectivity index (χ0) is 18.5. The fraction of sp³-hybridized carbons (Fsp3) is 0.333. The minimum absolute atomic E-state index is 0.178. The van der Waals surface area contributed by atoms with E-state index in [2.05, 4.69) is 17.2 Å².